The van der Waals surface area contributed by atoms with Gasteiger partial charge >= 0.3 is 6.09 Å². The van der Waals surface area contributed by atoms with Crippen molar-refractivity contribution in [1.82, 2.24) is 5.32 Å². The minimum atomic E-state index is -0.960. The summed E-state index contributed by atoms with van der Waals surface area (Å²) in [4.78, 5) is 24.2. The van der Waals surface area contributed by atoms with E-state index in [0.717, 1.165) is 22.3 Å². The first kappa shape index (κ1) is 24.2. The molecular weight excluding hydrogens is 430 g/mol. The first-order valence-corrected chi connectivity index (χ1v) is 10.6. The van der Waals surface area contributed by atoms with Gasteiger partial charge in [-0.05, 0) is 40.8 Å². The smallest absolute Gasteiger partial charge is 0.413 e. The molecule has 8 heteroatoms. The number of amidine groups is 1. The van der Waals surface area contributed by atoms with Gasteiger partial charge in [0, 0.05) is 12.0 Å². The molecule has 0 radical (unpaired) electrons. The molecule has 172 valence electrons. The molecule has 2 amide bonds. The topological polar surface area (TPSA) is 155 Å². The molecule has 0 bridgehead atoms. The van der Waals surface area contributed by atoms with Gasteiger partial charge in [0.15, 0.2) is 0 Å². The van der Waals surface area contributed by atoms with Gasteiger partial charge in [-0.2, -0.15) is 5.26 Å². The van der Waals surface area contributed by atoms with Crippen molar-refractivity contribution in [3.8, 4) is 17.2 Å². The largest absolute Gasteiger partial charge is 0.449 e. The Labute approximate surface area is 197 Å². The number of hydrogen-bond donors (Lipinski definition) is 4. The van der Waals surface area contributed by atoms with Crippen molar-refractivity contribution in [3.05, 3.63) is 95.1 Å². The lowest BCUT2D eigenvalue weighted by molar-refractivity contribution is -0.121. The van der Waals surface area contributed by atoms with Crippen LogP contribution in [0.25, 0.3) is 11.1 Å². The Morgan fingerprint density at radius 2 is 1.76 bits per heavy atom. The third kappa shape index (κ3) is 6.51. The lowest BCUT2D eigenvalue weighted by atomic mass is 9.99. The number of ether oxygens (including phenoxy) is 1. The predicted molar refractivity (Wildman–Crippen MR) is 129 cm³/mol. The molecule has 6 N–H and O–H groups in total. The molecule has 0 spiro atoms. The zero-order valence-corrected chi connectivity index (χ0v) is 18.5. The Morgan fingerprint density at radius 3 is 2.47 bits per heavy atom. The van der Waals surface area contributed by atoms with Crippen molar-refractivity contribution in [1.29, 1.82) is 10.7 Å². The van der Waals surface area contributed by atoms with E-state index < -0.39 is 18.0 Å². The number of nitrogen functional groups attached to an aromatic ring is 1. The molecule has 3 aromatic carbocycles. The Morgan fingerprint density at radius 1 is 1.03 bits per heavy atom. The van der Waals surface area contributed by atoms with Crippen molar-refractivity contribution in [3.63, 3.8) is 0 Å². The number of benzene rings is 3. The average molecular weight is 456 g/mol. The van der Waals surface area contributed by atoms with Gasteiger partial charge in [-0.25, -0.2) is 4.79 Å². The summed E-state index contributed by atoms with van der Waals surface area (Å²) in [6, 6.07) is 23.1. The number of nitrogens with zero attached hydrogens (tertiary/aromatic N) is 1. The molecule has 3 rings (SSSR count). The third-order valence-electron chi connectivity index (χ3n) is 5.19. The van der Waals surface area contributed by atoms with Gasteiger partial charge in [-0.15, -0.1) is 0 Å². The van der Waals surface area contributed by atoms with E-state index >= 15 is 0 Å². The summed E-state index contributed by atoms with van der Waals surface area (Å²) in [6.45, 7) is 0.0864. The zero-order valence-electron chi connectivity index (χ0n) is 18.5. The third-order valence-corrected chi connectivity index (χ3v) is 5.19. The number of imide groups is 1. The van der Waals surface area contributed by atoms with Crippen LogP contribution >= 0.6 is 0 Å². The predicted octanol–water partition coefficient (Wildman–Crippen LogP) is 2.87. The summed E-state index contributed by atoms with van der Waals surface area (Å²) in [5.41, 5.74) is 16.0. The lowest BCUT2D eigenvalue weighted by Gasteiger charge is -2.12. The van der Waals surface area contributed by atoms with Gasteiger partial charge in [0.25, 0.3) is 0 Å². The van der Waals surface area contributed by atoms with E-state index in [4.69, 9.17) is 21.6 Å². The maximum absolute atomic E-state index is 12.2. The molecular formula is C26H25N5O3. The van der Waals surface area contributed by atoms with E-state index in [1.54, 1.807) is 30.3 Å². The summed E-state index contributed by atoms with van der Waals surface area (Å²) in [7, 11) is 0. The second-order valence-electron chi connectivity index (χ2n) is 7.65. The standard InChI is InChI=1S/C26H25N5O3/c27-16-21-5-1-2-7-22(21)19-10-8-17(9-11-19)12-13-34-26(33)31-25(32)23(28)15-18-4-3-6-20(14-18)24(29)30/h1-11,14,23H,12-13,15,28H2,(H3,29,30)(H,31,32,33)/t23-/m0/s1. The minimum absolute atomic E-state index is 0.0786. The normalized spacial score (nSPS) is 11.2. The molecule has 8 nitrogen and oxygen atoms in total. The van der Waals surface area contributed by atoms with Crippen LogP contribution in [-0.2, 0) is 22.4 Å². The molecule has 1 atom stereocenters. The fourth-order valence-electron chi connectivity index (χ4n) is 3.39. The number of nitriles is 1. The number of carbonyl (C=O) groups excluding carboxylic acids is 2. The fraction of sp³-hybridized carbons (Fsp3) is 0.154. The highest BCUT2D eigenvalue weighted by atomic mass is 16.5. The highest BCUT2D eigenvalue weighted by Crippen LogP contribution is 2.23. The monoisotopic (exact) mass is 455 g/mol. The maximum Gasteiger partial charge on any atom is 0.413 e. The zero-order chi connectivity index (χ0) is 24.5. The SMILES string of the molecule is N#Cc1ccccc1-c1ccc(CCOC(=O)NC(=O)[C@@H](N)Cc2cccc(C(=N)N)c2)cc1. The second-order valence-corrected chi connectivity index (χ2v) is 7.65. The molecule has 0 saturated carbocycles. The van der Waals surface area contributed by atoms with E-state index in [1.165, 1.54) is 0 Å². The van der Waals surface area contributed by atoms with Gasteiger partial charge in [-0.1, -0.05) is 60.7 Å². The highest BCUT2D eigenvalue weighted by molar-refractivity contribution is 5.96. The summed E-state index contributed by atoms with van der Waals surface area (Å²) in [5.74, 6) is -0.733. The summed E-state index contributed by atoms with van der Waals surface area (Å²) < 4.78 is 5.10. The van der Waals surface area contributed by atoms with Crippen LogP contribution in [0.1, 0.15) is 22.3 Å². The van der Waals surface area contributed by atoms with E-state index in [1.807, 2.05) is 42.5 Å². The number of alkyl carbamates (subject to hydrolysis) is 1. The van der Waals surface area contributed by atoms with E-state index in [2.05, 4.69) is 11.4 Å². The van der Waals surface area contributed by atoms with Gasteiger partial charge in [0.05, 0.1) is 24.3 Å². The molecule has 0 aliphatic rings. The molecule has 0 heterocycles. The Bertz CT molecular complexity index is 1230. The Hall–Kier alpha value is -4.48. The van der Waals surface area contributed by atoms with Crippen LogP contribution in [0.3, 0.4) is 0 Å². The van der Waals surface area contributed by atoms with Crippen molar-refractivity contribution in [2.24, 2.45) is 11.5 Å². The molecule has 0 aliphatic heterocycles. The van der Waals surface area contributed by atoms with Gasteiger partial charge in [0.2, 0.25) is 5.91 Å². The van der Waals surface area contributed by atoms with Crippen molar-refractivity contribution < 1.29 is 14.3 Å². The Kier molecular flexibility index (Phi) is 8.11. The van der Waals surface area contributed by atoms with Crippen LogP contribution in [0.5, 0.6) is 0 Å². The quantitative estimate of drug-likeness (QED) is 0.302. The summed E-state index contributed by atoms with van der Waals surface area (Å²) >= 11 is 0. The molecule has 0 saturated heterocycles. The number of hydrogen-bond acceptors (Lipinski definition) is 6. The summed E-state index contributed by atoms with van der Waals surface area (Å²) in [6.07, 6.45) is -0.217. The molecule has 0 unspecified atom stereocenters. The van der Waals surface area contributed by atoms with Crippen LogP contribution in [0.2, 0.25) is 0 Å². The van der Waals surface area contributed by atoms with Gasteiger partial charge < -0.3 is 16.2 Å². The lowest BCUT2D eigenvalue weighted by Crippen LogP contribution is -2.44. The first-order valence-electron chi connectivity index (χ1n) is 10.6. The number of nitrogens with two attached hydrogens (primary N) is 2. The fourth-order valence-corrected chi connectivity index (χ4v) is 3.39. The number of carbonyl (C=O) groups is 2. The van der Waals surface area contributed by atoms with Gasteiger partial charge in [0.1, 0.15) is 5.84 Å². The molecule has 0 aromatic heterocycles. The average Bonchev–Trinajstić information content (AvgIpc) is 2.84. The van der Waals surface area contributed by atoms with Crippen LogP contribution < -0.4 is 16.8 Å². The Balaban J connectivity index is 1.46. The van der Waals surface area contributed by atoms with E-state index in [9.17, 15) is 14.9 Å². The number of rotatable bonds is 8. The van der Waals surface area contributed by atoms with Crippen molar-refractivity contribution in [2.45, 2.75) is 18.9 Å². The maximum atomic E-state index is 12.2. The molecule has 0 fully saturated rings. The van der Waals surface area contributed by atoms with Crippen molar-refractivity contribution in [2.75, 3.05) is 6.61 Å². The number of nitrogens with one attached hydrogen (secondary N) is 2. The van der Waals surface area contributed by atoms with E-state index in [0.29, 0.717) is 17.5 Å². The van der Waals surface area contributed by atoms with Gasteiger partial charge in [-0.3, -0.25) is 15.5 Å². The molecule has 0 aliphatic carbocycles. The molecule has 3 aromatic rings. The second kappa shape index (κ2) is 11.4. The summed E-state index contributed by atoms with van der Waals surface area (Å²) in [5, 5.41) is 18.9. The van der Waals surface area contributed by atoms with Crippen LogP contribution in [0.4, 0.5) is 4.79 Å². The van der Waals surface area contributed by atoms with Crippen molar-refractivity contribution >= 4 is 17.8 Å². The van der Waals surface area contributed by atoms with Crippen LogP contribution in [0.15, 0.2) is 72.8 Å². The minimum Gasteiger partial charge on any atom is -0.449 e. The highest BCUT2D eigenvalue weighted by Gasteiger charge is 2.18. The molecule has 34 heavy (non-hydrogen) atoms. The van der Waals surface area contributed by atoms with E-state index in [-0.39, 0.29) is 18.9 Å². The first-order chi connectivity index (χ1) is 16.4. The van der Waals surface area contributed by atoms with Crippen LogP contribution in [-0.4, -0.2) is 30.5 Å². The van der Waals surface area contributed by atoms with Crippen LogP contribution in [0, 0.1) is 16.7 Å². The number of amides is 2.